The lowest BCUT2D eigenvalue weighted by Crippen LogP contribution is -2.58. The number of halogens is 1. The molecule has 0 spiro atoms. The number of benzene rings is 2. The van der Waals surface area contributed by atoms with Crippen molar-refractivity contribution in [3.05, 3.63) is 74.8 Å². The van der Waals surface area contributed by atoms with Crippen molar-refractivity contribution in [1.82, 2.24) is 0 Å². The first-order chi connectivity index (χ1) is 15.8. The van der Waals surface area contributed by atoms with Gasteiger partial charge in [0.25, 0.3) is 5.69 Å². The third-order valence-corrected chi connectivity index (χ3v) is 6.72. The van der Waals surface area contributed by atoms with Crippen LogP contribution >= 0.6 is 11.6 Å². The van der Waals surface area contributed by atoms with Crippen LogP contribution in [-0.2, 0) is 15.3 Å². The van der Waals surface area contributed by atoms with E-state index >= 15 is 0 Å². The minimum absolute atomic E-state index is 0.115. The van der Waals surface area contributed by atoms with Gasteiger partial charge in [-0.2, -0.15) is 15.8 Å². The number of nitro benzene ring substituents is 1. The molecule has 2 saturated heterocycles. The van der Waals surface area contributed by atoms with E-state index in [1.54, 1.807) is 37.3 Å². The first kappa shape index (κ1) is 22.2. The third-order valence-electron chi connectivity index (χ3n) is 6.48. The summed E-state index contributed by atoms with van der Waals surface area (Å²) in [5.41, 5.74) is -4.51. The van der Waals surface area contributed by atoms with E-state index in [1.807, 2.05) is 18.2 Å². The van der Waals surface area contributed by atoms with E-state index < -0.39 is 45.1 Å². The number of nitro groups is 1. The molecule has 2 aliphatic rings. The summed E-state index contributed by atoms with van der Waals surface area (Å²) in [4.78, 5) is 11.2. The van der Waals surface area contributed by atoms with Gasteiger partial charge in [-0.1, -0.05) is 48.9 Å². The molecule has 4 atom stereocenters. The van der Waals surface area contributed by atoms with Crippen molar-refractivity contribution >= 4 is 23.2 Å². The second kappa shape index (κ2) is 7.56. The molecule has 2 aromatic rings. The zero-order chi connectivity index (χ0) is 24.0. The fourth-order valence-electron chi connectivity index (χ4n) is 5.08. The lowest BCUT2D eigenvalue weighted by atomic mass is 9.52. The van der Waals surface area contributed by atoms with Crippen LogP contribution in [0.2, 0.25) is 5.02 Å². The molecule has 0 amide bonds. The lowest BCUT2D eigenvalue weighted by Gasteiger charge is -2.49. The largest absolute Gasteiger partial charge is 0.443 e. The Morgan fingerprint density at radius 1 is 1.15 bits per heavy atom. The molecule has 2 fully saturated rings. The molecule has 2 heterocycles. The minimum Gasteiger partial charge on any atom is -0.443 e. The van der Waals surface area contributed by atoms with Crippen LogP contribution in [-0.4, -0.2) is 10.8 Å². The highest BCUT2D eigenvalue weighted by Gasteiger charge is 2.80. The smallest absolute Gasteiger partial charge is 0.275 e. The molecular weight excluding hydrogens is 446 g/mol. The number of fused-ring (bicyclic) bond motifs is 2. The molecule has 2 aliphatic heterocycles. The Morgan fingerprint density at radius 2 is 1.82 bits per heavy atom. The zero-order valence-electron chi connectivity index (χ0n) is 17.3. The van der Waals surface area contributed by atoms with Crippen molar-refractivity contribution in [3.8, 4) is 18.2 Å². The summed E-state index contributed by atoms with van der Waals surface area (Å²) in [6, 6.07) is 18.1. The predicted molar refractivity (Wildman–Crippen MR) is 114 cm³/mol. The summed E-state index contributed by atoms with van der Waals surface area (Å²) in [7, 11) is 0. The fraction of sp³-hybridized carbons (Fsp3) is 0.304. The van der Waals surface area contributed by atoms with Gasteiger partial charge in [0.15, 0.2) is 5.41 Å². The van der Waals surface area contributed by atoms with E-state index in [9.17, 15) is 25.9 Å². The van der Waals surface area contributed by atoms with E-state index in [-0.39, 0.29) is 17.0 Å². The summed E-state index contributed by atoms with van der Waals surface area (Å²) in [5.74, 6) is -3.23. The highest BCUT2D eigenvalue weighted by molar-refractivity contribution is 6.30. The molecule has 164 valence electrons. The number of hydrogen-bond acceptors (Lipinski definition) is 8. The number of nitrogens with one attached hydrogen (secondary N) is 1. The summed E-state index contributed by atoms with van der Waals surface area (Å²) in [5, 5.41) is 51.6. The monoisotopic (exact) mass is 461 g/mol. The number of rotatable bonds is 4. The SMILES string of the molecule is CCC1C2(c3ccccc3)OC(=N)C1(C#N)C(C#N)(C#N)C(c1cc(Cl)ccc1[N+](=O)[O-])O2. The minimum atomic E-state index is -2.33. The van der Waals surface area contributed by atoms with Crippen molar-refractivity contribution < 1.29 is 14.4 Å². The topological polar surface area (TPSA) is 157 Å². The van der Waals surface area contributed by atoms with Crippen LogP contribution < -0.4 is 0 Å². The van der Waals surface area contributed by atoms with E-state index in [4.69, 9.17) is 26.5 Å². The number of nitriles is 3. The summed E-state index contributed by atoms with van der Waals surface area (Å²) < 4.78 is 12.3. The third kappa shape index (κ3) is 2.63. The van der Waals surface area contributed by atoms with Gasteiger partial charge in [0, 0.05) is 16.7 Å². The molecule has 0 aliphatic carbocycles. The van der Waals surface area contributed by atoms with Gasteiger partial charge in [0.1, 0.15) is 6.10 Å². The van der Waals surface area contributed by atoms with Gasteiger partial charge in [-0.05, 0) is 18.6 Å². The second-order valence-electron chi connectivity index (χ2n) is 7.84. The maximum Gasteiger partial charge on any atom is 0.275 e. The fourth-order valence-corrected chi connectivity index (χ4v) is 5.26. The zero-order valence-corrected chi connectivity index (χ0v) is 18.0. The van der Waals surface area contributed by atoms with E-state index in [0.717, 1.165) is 6.07 Å². The van der Waals surface area contributed by atoms with E-state index in [1.165, 1.54) is 12.1 Å². The Kier molecular flexibility index (Phi) is 5.10. The quantitative estimate of drug-likeness (QED) is 0.508. The van der Waals surface area contributed by atoms with Gasteiger partial charge in [-0.3, -0.25) is 15.5 Å². The Hall–Kier alpha value is -3.97. The Balaban J connectivity index is 2.13. The van der Waals surface area contributed by atoms with Crippen LogP contribution in [0.5, 0.6) is 0 Å². The first-order valence-corrected chi connectivity index (χ1v) is 10.3. The molecule has 0 aromatic heterocycles. The van der Waals surface area contributed by atoms with Crippen molar-refractivity contribution in [2.24, 2.45) is 16.7 Å². The van der Waals surface area contributed by atoms with Gasteiger partial charge < -0.3 is 9.47 Å². The van der Waals surface area contributed by atoms with Crippen molar-refractivity contribution in [1.29, 1.82) is 21.2 Å². The average molecular weight is 462 g/mol. The van der Waals surface area contributed by atoms with Gasteiger partial charge >= 0.3 is 0 Å². The summed E-state index contributed by atoms with van der Waals surface area (Å²) in [6.45, 7) is 1.74. The van der Waals surface area contributed by atoms with Crippen LogP contribution in [0.4, 0.5) is 5.69 Å². The molecule has 4 rings (SSSR count). The Labute approximate surface area is 194 Å². The van der Waals surface area contributed by atoms with Crippen LogP contribution in [0.3, 0.4) is 0 Å². The number of hydrogen-bond donors (Lipinski definition) is 1. The Bertz CT molecular complexity index is 1280. The summed E-state index contributed by atoms with van der Waals surface area (Å²) >= 11 is 6.13. The summed E-state index contributed by atoms with van der Waals surface area (Å²) in [6.07, 6.45) is -1.39. The molecule has 10 heteroatoms. The van der Waals surface area contributed by atoms with Crippen molar-refractivity contribution in [2.45, 2.75) is 25.2 Å². The van der Waals surface area contributed by atoms with Crippen LogP contribution in [0.15, 0.2) is 48.5 Å². The van der Waals surface area contributed by atoms with Gasteiger partial charge in [0.2, 0.25) is 17.1 Å². The van der Waals surface area contributed by atoms with Crippen LogP contribution in [0.1, 0.15) is 30.6 Å². The second-order valence-corrected chi connectivity index (χ2v) is 8.27. The molecule has 1 N–H and O–H groups in total. The Morgan fingerprint density at radius 3 is 2.36 bits per heavy atom. The van der Waals surface area contributed by atoms with E-state index in [2.05, 4.69) is 0 Å². The standard InChI is InChI=1S/C23H16ClN5O4/c1-2-18-22(13-27)20(28)33-23(18,14-6-4-3-5-7-14)32-19(21(22,11-25)12-26)16-10-15(24)8-9-17(16)29(30)31/h3-10,18-19,28H,2H2,1H3. The molecule has 2 aromatic carbocycles. The van der Waals surface area contributed by atoms with Crippen LogP contribution in [0.25, 0.3) is 0 Å². The van der Waals surface area contributed by atoms with E-state index in [0.29, 0.717) is 5.56 Å². The van der Waals surface area contributed by atoms with Gasteiger partial charge in [-0.15, -0.1) is 0 Å². The molecule has 9 nitrogen and oxygen atoms in total. The van der Waals surface area contributed by atoms with Gasteiger partial charge in [0.05, 0.1) is 34.6 Å². The molecule has 4 unspecified atom stereocenters. The lowest BCUT2D eigenvalue weighted by molar-refractivity contribution is -0.387. The number of ether oxygens (including phenoxy) is 2. The molecule has 0 saturated carbocycles. The molecule has 2 bridgehead atoms. The normalized spacial score (nSPS) is 29.2. The first-order valence-electron chi connectivity index (χ1n) is 9.97. The molecular formula is C23H16ClN5O4. The van der Waals surface area contributed by atoms with Crippen LogP contribution in [0, 0.1) is 66.3 Å². The number of nitrogens with zero attached hydrogens (tertiary/aromatic N) is 4. The molecule has 0 radical (unpaired) electrons. The maximum atomic E-state index is 11.8. The highest BCUT2D eigenvalue weighted by atomic mass is 35.5. The average Bonchev–Trinajstić information content (AvgIpc) is 3.03. The van der Waals surface area contributed by atoms with Crippen molar-refractivity contribution in [2.75, 3.05) is 0 Å². The van der Waals surface area contributed by atoms with Gasteiger partial charge in [-0.25, -0.2) is 0 Å². The van der Waals surface area contributed by atoms with Crippen molar-refractivity contribution in [3.63, 3.8) is 0 Å². The maximum absolute atomic E-state index is 11.8. The predicted octanol–water partition coefficient (Wildman–Crippen LogP) is 4.75. The highest BCUT2D eigenvalue weighted by Crippen LogP contribution is 2.70. The molecule has 33 heavy (non-hydrogen) atoms.